The minimum Gasteiger partial charge on any atom is -0.310 e. The van der Waals surface area contributed by atoms with E-state index in [0.717, 1.165) is 17.8 Å². The lowest BCUT2D eigenvalue weighted by Crippen LogP contribution is -2.33. The summed E-state index contributed by atoms with van der Waals surface area (Å²) < 4.78 is 2.51. The van der Waals surface area contributed by atoms with E-state index in [1.165, 1.54) is 88.8 Å². The molecule has 0 radical (unpaired) electrons. The van der Waals surface area contributed by atoms with Gasteiger partial charge in [-0.3, -0.25) is 0 Å². The summed E-state index contributed by atoms with van der Waals surface area (Å²) >= 11 is 0. The first kappa shape index (κ1) is 31.2. The van der Waals surface area contributed by atoms with Crippen molar-refractivity contribution in [1.29, 1.82) is 0 Å². The lowest BCUT2D eigenvalue weighted by atomic mass is 9.65. The number of allylic oxidation sites excluding steroid dienone is 2. The predicted molar refractivity (Wildman–Crippen MR) is 234 cm³/mol. The molecule has 2 heteroatoms. The summed E-state index contributed by atoms with van der Waals surface area (Å²) in [6.45, 7) is 0. The Morgan fingerprint density at radius 3 is 2.05 bits per heavy atom. The van der Waals surface area contributed by atoms with Crippen LogP contribution in [-0.2, 0) is 5.41 Å². The number of nitrogens with zero attached hydrogens (tertiary/aromatic N) is 2. The summed E-state index contributed by atoms with van der Waals surface area (Å²) in [6, 6.07) is 67.7. The number of fused-ring (bicyclic) bond motifs is 13. The second kappa shape index (κ2) is 11.9. The van der Waals surface area contributed by atoms with Crippen LogP contribution in [0.4, 0.5) is 17.1 Å². The molecule has 8 aromatic carbocycles. The molecule has 9 aromatic rings. The smallest absolute Gasteiger partial charge is 0.0754 e. The Hall–Kier alpha value is -7.16. The van der Waals surface area contributed by atoms with Gasteiger partial charge >= 0.3 is 0 Å². The van der Waals surface area contributed by atoms with Gasteiger partial charge in [0, 0.05) is 27.7 Å². The maximum Gasteiger partial charge on any atom is 0.0754 e. The van der Waals surface area contributed by atoms with Gasteiger partial charge in [0.05, 0.1) is 27.8 Å². The molecule has 0 amide bonds. The largest absolute Gasteiger partial charge is 0.310 e. The van der Waals surface area contributed by atoms with E-state index in [2.05, 4.69) is 216 Å². The summed E-state index contributed by atoms with van der Waals surface area (Å²) in [5.41, 5.74) is 19.6. The first-order valence-corrected chi connectivity index (χ1v) is 19.6. The molecule has 0 bridgehead atoms. The lowest BCUT2D eigenvalue weighted by molar-refractivity contribution is 0.749. The molecule has 0 saturated carbocycles. The van der Waals surface area contributed by atoms with Crippen LogP contribution in [0.25, 0.3) is 61.9 Å². The van der Waals surface area contributed by atoms with E-state index in [1.54, 1.807) is 0 Å². The third kappa shape index (κ3) is 4.21. The highest BCUT2D eigenvalue weighted by Crippen LogP contribution is 2.61. The average molecular weight is 713 g/mol. The summed E-state index contributed by atoms with van der Waals surface area (Å²) in [4.78, 5) is 2.39. The molecule has 2 aliphatic carbocycles. The van der Waals surface area contributed by atoms with Crippen LogP contribution in [0.2, 0.25) is 0 Å². The molecule has 1 aromatic heterocycles. The maximum absolute atomic E-state index is 2.51. The summed E-state index contributed by atoms with van der Waals surface area (Å²) in [5, 5.41) is 2.59. The zero-order chi connectivity index (χ0) is 36.8. The molecule has 12 rings (SSSR count). The van der Waals surface area contributed by atoms with Crippen LogP contribution < -0.4 is 4.90 Å². The predicted octanol–water partition coefficient (Wildman–Crippen LogP) is 14.0. The normalized spacial score (nSPS) is 15.7. The zero-order valence-corrected chi connectivity index (χ0v) is 30.7. The number of benzene rings is 8. The zero-order valence-electron chi connectivity index (χ0n) is 30.7. The van der Waals surface area contributed by atoms with Crippen molar-refractivity contribution in [1.82, 2.24) is 4.57 Å². The van der Waals surface area contributed by atoms with E-state index in [4.69, 9.17) is 0 Å². The van der Waals surface area contributed by atoms with E-state index >= 15 is 0 Å². The monoisotopic (exact) mass is 712 g/mol. The van der Waals surface area contributed by atoms with Crippen molar-refractivity contribution in [2.45, 2.75) is 11.8 Å². The number of aromatic nitrogens is 1. The highest BCUT2D eigenvalue weighted by atomic mass is 15.1. The minimum atomic E-state index is -0.473. The van der Waals surface area contributed by atoms with E-state index in [0.29, 0.717) is 0 Å². The Morgan fingerprint density at radius 1 is 0.464 bits per heavy atom. The van der Waals surface area contributed by atoms with Crippen molar-refractivity contribution < 1.29 is 0 Å². The van der Waals surface area contributed by atoms with Gasteiger partial charge in [0.1, 0.15) is 0 Å². The van der Waals surface area contributed by atoms with Crippen molar-refractivity contribution in [2.75, 3.05) is 4.90 Å². The molecule has 3 aliphatic rings. The Morgan fingerprint density at radius 2 is 1.14 bits per heavy atom. The van der Waals surface area contributed by atoms with E-state index < -0.39 is 5.41 Å². The second-order valence-corrected chi connectivity index (χ2v) is 15.2. The Kier molecular flexibility index (Phi) is 6.64. The van der Waals surface area contributed by atoms with Gasteiger partial charge in [0.25, 0.3) is 0 Å². The molecule has 0 N–H and O–H groups in total. The molecular weight excluding hydrogens is 677 g/mol. The molecule has 262 valence electrons. The van der Waals surface area contributed by atoms with Crippen molar-refractivity contribution in [3.8, 4) is 27.9 Å². The number of hydrogen-bond donors (Lipinski definition) is 0. The van der Waals surface area contributed by atoms with Gasteiger partial charge in [-0.25, -0.2) is 0 Å². The standard InChI is InChI=1S/C54H36N2/c1-3-15-37-16-13-28-50(41(37)19-6-1)55(39-17-4-2-5-18-39)40-32-29-36(30-33-40)38-31-34-43-42-20-7-9-23-46(42)54(49(43)35-38)47-24-10-12-27-52(47)56-51-26-11-8-21-44(51)45-22-14-25-48(54)53(45)56/h2-35H,1H2. The Labute approximate surface area is 326 Å². The van der Waals surface area contributed by atoms with Crippen LogP contribution in [0.3, 0.4) is 0 Å². The molecular formula is C54H36N2. The van der Waals surface area contributed by atoms with Crippen molar-refractivity contribution in [3.05, 3.63) is 228 Å². The van der Waals surface area contributed by atoms with Crippen LogP contribution in [0.5, 0.6) is 0 Å². The van der Waals surface area contributed by atoms with Gasteiger partial charge in [-0.05, 0) is 105 Å². The number of rotatable bonds is 4. The molecule has 1 atom stereocenters. The van der Waals surface area contributed by atoms with Crippen LogP contribution in [0.15, 0.2) is 194 Å². The van der Waals surface area contributed by atoms with Crippen LogP contribution >= 0.6 is 0 Å². The van der Waals surface area contributed by atoms with Crippen LogP contribution in [0, 0.1) is 0 Å². The highest BCUT2D eigenvalue weighted by Gasteiger charge is 2.50. The minimum absolute atomic E-state index is 0.473. The van der Waals surface area contributed by atoms with Crippen molar-refractivity contribution in [2.24, 2.45) is 0 Å². The SMILES string of the molecule is C1=Cc2cccc(N(c3ccccc3)c3ccc(-c4ccc5c(c4)C4(c6ccccc6-5)c5ccccc5-n5c6ccccc6c6cccc4c65)cc3)c2C=CC1. The van der Waals surface area contributed by atoms with Gasteiger partial charge in [-0.1, -0.05) is 158 Å². The van der Waals surface area contributed by atoms with Gasteiger partial charge in [-0.15, -0.1) is 0 Å². The first-order chi connectivity index (χ1) is 27.8. The number of hydrogen-bond acceptors (Lipinski definition) is 1. The molecule has 1 spiro atoms. The Balaban J connectivity index is 1.06. The molecule has 2 nitrogen and oxygen atoms in total. The average Bonchev–Trinajstić information content (AvgIpc) is 3.62. The van der Waals surface area contributed by atoms with Crippen molar-refractivity contribution >= 4 is 51.0 Å². The van der Waals surface area contributed by atoms with E-state index in [9.17, 15) is 0 Å². The first-order valence-electron chi connectivity index (χ1n) is 19.6. The second-order valence-electron chi connectivity index (χ2n) is 15.2. The van der Waals surface area contributed by atoms with Gasteiger partial charge in [0.2, 0.25) is 0 Å². The molecule has 2 heterocycles. The highest BCUT2D eigenvalue weighted by molar-refractivity contribution is 6.13. The maximum atomic E-state index is 2.51. The van der Waals surface area contributed by atoms with Gasteiger partial charge in [0.15, 0.2) is 0 Å². The van der Waals surface area contributed by atoms with E-state index in [-0.39, 0.29) is 0 Å². The van der Waals surface area contributed by atoms with Crippen LogP contribution in [-0.4, -0.2) is 4.57 Å². The van der Waals surface area contributed by atoms with Gasteiger partial charge < -0.3 is 9.47 Å². The number of para-hydroxylation sites is 4. The Bertz CT molecular complexity index is 3110. The topological polar surface area (TPSA) is 8.17 Å². The van der Waals surface area contributed by atoms with E-state index in [1.807, 2.05) is 0 Å². The number of anilines is 3. The fourth-order valence-corrected chi connectivity index (χ4v) is 10.1. The summed E-state index contributed by atoms with van der Waals surface area (Å²) in [7, 11) is 0. The van der Waals surface area contributed by atoms with Crippen LogP contribution in [0.1, 0.15) is 39.8 Å². The molecule has 1 aliphatic heterocycles. The molecule has 0 saturated heterocycles. The van der Waals surface area contributed by atoms with Gasteiger partial charge in [-0.2, -0.15) is 0 Å². The third-order valence-electron chi connectivity index (χ3n) is 12.4. The molecule has 56 heavy (non-hydrogen) atoms. The fraction of sp³-hybridized carbons (Fsp3) is 0.0370. The third-order valence-corrected chi connectivity index (χ3v) is 12.4. The molecule has 1 unspecified atom stereocenters. The summed E-state index contributed by atoms with van der Waals surface area (Å²) in [5.74, 6) is 0. The molecule has 0 fully saturated rings. The quantitative estimate of drug-likeness (QED) is 0.176. The van der Waals surface area contributed by atoms with Crippen molar-refractivity contribution in [3.63, 3.8) is 0 Å². The fourth-order valence-electron chi connectivity index (χ4n) is 10.1. The lowest BCUT2D eigenvalue weighted by Gasteiger charge is -2.39. The summed E-state index contributed by atoms with van der Waals surface area (Å²) in [6.07, 6.45) is 9.94.